The molecule has 0 atom stereocenters. The molecule has 0 unspecified atom stereocenters. The van der Waals surface area contributed by atoms with E-state index in [1.807, 2.05) is 12.1 Å². The van der Waals surface area contributed by atoms with Crippen LogP contribution in [0.25, 0.3) is 0 Å². The Bertz CT molecular complexity index is 1090. The van der Waals surface area contributed by atoms with Crippen molar-refractivity contribution in [2.75, 3.05) is 12.4 Å². The van der Waals surface area contributed by atoms with Crippen molar-refractivity contribution in [3.8, 4) is 5.75 Å². The van der Waals surface area contributed by atoms with Gasteiger partial charge in [-0.15, -0.1) is 0 Å². The maximum atomic E-state index is 12.6. The van der Waals surface area contributed by atoms with Crippen LogP contribution in [0.3, 0.4) is 0 Å². The molecule has 1 amide bonds. The van der Waals surface area contributed by atoms with Crippen molar-refractivity contribution >= 4 is 17.6 Å². The Labute approximate surface area is 177 Å². The molecule has 0 radical (unpaired) electrons. The number of esters is 1. The predicted molar refractivity (Wildman–Crippen MR) is 110 cm³/mol. The first-order valence-electron chi connectivity index (χ1n) is 9.36. The summed E-state index contributed by atoms with van der Waals surface area (Å²) < 4.78 is 35.3. The lowest BCUT2D eigenvalue weighted by molar-refractivity contribution is -0.0498. The minimum absolute atomic E-state index is 0.0315. The Balaban J connectivity index is 1.79. The third-order valence-electron chi connectivity index (χ3n) is 4.70. The highest BCUT2D eigenvalue weighted by molar-refractivity contribution is 6.05. The van der Waals surface area contributed by atoms with E-state index in [9.17, 15) is 18.4 Å². The van der Waals surface area contributed by atoms with Crippen molar-refractivity contribution in [1.82, 2.24) is 9.78 Å². The van der Waals surface area contributed by atoms with Crippen molar-refractivity contribution in [3.05, 3.63) is 76.6 Å². The minimum Gasteiger partial charge on any atom is -0.465 e. The number of nitrogens with zero attached hydrogens (tertiary/aromatic N) is 2. The molecule has 0 saturated heterocycles. The van der Waals surface area contributed by atoms with Crippen molar-refractivity contribution in [3.63, 3.8) is 0 Å². The molecular weight excluding hydrogens is 408 g/mol. The monoisotopic (exact) mass is 429 g/mol. The first-order valence-corrected chi connectivity index (χ1v) is 9.36. The van der Waals surface area contributed by atoms with Gasteiger partial charge in [0.1, 0.15) is 5.75 Å². The number of rotatable bonds is 7. The molecule has 0 saturated carbocycles. The second kappa shape index (κ2) is 9.38. The molecule has 0 bridgehead atoms. The number of hydrogen-bond acceptors (Lipinski definition) is 5. The van der Waals surface area contributed by atoms with Gasteiger partial charge in [-0.3, -0.25) is 9.48 Å². The van der Waals surface area contributed by atoms with Crippen LogP contribution in [0.1, 0.15) is 37.7 Å². The Morgan fingerprint density at radius 1 is 1.10 bits per heavy atom. The van der Waals surface area contributed by atoms with E-state index in [4.69, 9.17) is 4.74 Å². The number of hydrogen-bond donors (Lipinski definition) is 1. The second-order valence-corrected chi connectivity index (χ2v) is 6.71. The van der Waals surface area contributed by atoms with Gasteiger partial charge < -0.3 is 14.8 Å². The number of benzene rings is 2. The maximum Gasteiger partial charge on any atom is 0.387 e. The summed E-state index contributed by atoms with van der Waals surface area (Å²) in [6.07, 6.45) is 0. The molecule has 7 nitrogen and oxygen atoms in total. The number of aryl methyl sites for hydroxylation is 1. The van der Waals surface area contributed by atoms with Crippen molar-refractivity contribution in [2.24, 2.45) is 0 Å². The summed E-state index contributed by atoms with van der Waals surface area (Å²) in [4.78, 5) is 24.6. The Morgan fingerprint density at radius 3 is 2.42 bits per heavy atom. The molecule has 3 aromatic rings. The van der Waals surface area contributed by atoms with Gasteiger partial charge in [0, 0.05) is 5.56 Å². The number of anilines is 1. The zero-order chi connectivity index (χ0) is 22.5. The molecule has 9 heteroatoms. The third kappa shape index (κ3) is 5.06. The highest BCUT2D eigenvalue weighted by Crippen LogP contribution is 2.23. The van der Waals surface area contributed by atoms with Crippen LogP contribution >= 0.6 is 0 Å². The van der Waals surface area contributed by atoms with E-state index in [-0.39, 0.29) is 11.3 Å². The van der Waals surface area contributed by atoms with Gasteiger partial charge in [-0.05, 0) is 49.7 Å². The van der Waals surface area contributed by atoms with Crippen LogP contribution in [0.2, 0.25) is 0 Å². The van der Waals surface area contributed by atoms with Gasteiger partial charge in [0.25, 0.3) is 5.91 Å². The molecule has 3 rings (SSSR count). The van der Waals surface area contributed by atoms with E-state index in [0.717, 1.165) is 5.56 Å². The van der Waals surface area contributed by atoms with E-state index in [2.05, 4.69) is 15.2 Å². The highest BCUT2D eigenvalue weighted by Gasteiger charge is 2.18. The number of aromatic nitrogens is 2. The number of carbonyl (C=O) groups is 2. The van der Waals surface area contributed by atoms with Gasteiger partial charge in [-0.1, -0.05) is 18.2 Å². The fourth-order valence-corrected chi connectivity index (χ4v) is 3.13. The summed E-state index contributed by atoms with van der Waals surface area (Å²) in [7, 11) is 1.32. The van der Waals surface area contributed by atoms with E-state index in [1.54, 1.807) is 30.7 Å². The molecule has 31 heavy (non-hydrogen) atoms. The molecule has 1 heterocycles. The van der Waals surface area contributed by atoms with Crippen LogP contribution in [0.4, 0.5) is 14.5 Å². The third-order valence-corrected chi connectivity index (χ3v) is 4.70. The number of alkyl halides is 2. The topological polar surface area (TPSA) is 82.5 Å². The van der Waals surface area contributed by atoms with E-state index in [1.165, 1.54) is 31.4 Å². The average molecular weight is 429 g/mol. The largest absolute Gasteiger partial charge is 0.465 e. The summed E-state index contributed by atoms with van der Waals surface area (Å²) in [6, 6.07) is 12.4. The molecule has 0 aliphatic rings. The fraction of sp³-hybridized carbons (Fsp3) is 0.227. The summed E-state index contributed by atoms with van der Waals surface area (Å²) in [5.41, 5.74) is 3.28. The summed E-state index contributed by atoms with van der Waals surface area (Å²) >= 11 is 0. The van der Waals surface area contributed by atoms with Crippen molar-refractivity contribution in [2.45, 2.75) is 27.0 Å². The molecular formula is C22H21F2N3O4. The predicted octanol–water partition coefficient (Wildman–Crippen LogP) is 4.19. The highest BCUT2D eigenvalue weighted by atomic mass is 19.3. The normalized spacial score (nSPS) is 10.8. The first-order chi connectivity index (χ1) is 14.8. The smallest absolute Gasteiger partial charge is 0.387 e. The quantitative estimate of drug-likeness (QED) is 0.570. The summed E-state index contributed by atoms with van der Waals surface area (Å²) in [5, 5.41) is 7.28. The summed E-state index contributed by atoms with van der Waals surface area (Å²) in [5.74, 6) is -0.884. The van der Waals surface area contributed by atoms with Crippen LogP contribution < -0.4 is 10.1 Å². The van der Waals surface area contributed by atoms with Gasteiger partial charge in [0.05, 0.1) is 36.3 Å². The van der Waals surface area contributed by atoms with E-state index in [0.29, 0.717) is 29.2 Å². The van der Waals surface area contributed by atoms with Crippen molar-refractivity contribution < 1.29 is 27.8 Å². The molecule has 0 aliphatic carbocycles. The summed E-state index contributed by atoms with van der Waals surface area (Å²) in [6.45, 7) is 0.939. The van der Waals surface area contributed by atoms with Gasteiger partial charge in [-0.2, -0.15) is 13.9 Å². The molecule has 0 spiro atoms. The van der Waals surface area contributed by atoms with E-state index >= 15 is 0 Å². The Morgan fingerprint density at radius 2 is 1.77 bits per heavy atom. The zero-order valence-electron chi connectivity index (χ0n) is 17.2. The molecule has 1 aromatic heterocycles. The van der Waals surface area contributed by atoms with Crippen LogP contribution in [0.5, 0.6) is 5.75 Å². The molecule has 0 aliphatic heterocycles. The number of amides is 1. The fourth-order valence-electron chi connectivity index (χ4n) is 3.13. The number of nitrogens with one attached hydrogen (secondary N) is 1. The minimum atomic E-state index is -2.93. The molecule has 1 N–H and O–H groups in total. The van der Waals surface area contributed by atoms with Gasteiger partial charge in [0.2, 0.25) is 0 Å². The lowest BCUT2D eigenvalue weighted by atomic mass is 10.1. The second-order valence-electron chi connectivity index (χ2n) is 6.71. The maximum absolute atomic E-state index is 12.6. The van der Waals surface area contributed by atoms with Crippen LogP contribution in [0.15, 0.2) is 48.5 Å². The number of carbonyl (C=O) groups excluding carboxylic acids is 2. The number of ether oxygens (including phenoxy) is 2. The van der Waals surface area contributed by atoms with Gasteiger partial charge in [-0.25, -0.2) is 4.79 Å². The molecule has 162 valence electrons. The lowest BCUT2D eigenvalue weighted by Crippen LogP contribution is -2.14. The molecule has 2 aromatic carbocycles. The SMILES string of the molecule is COC(=O)c1ccccc1Cn1nc(C)c(NC(=O)c2ccc(OC(F)F)cc2)c1C. The zero-order valence-corrected chi connectivity index (χ0v) is 17.2. The van der Waals surface area contributed by atoms with Gasteiger partial charge in [0.15, 0.2) is 0 Å². The first kappa shape index (κ1) is 21.9. The van der Waals surface area contributed by atoms with E-state index < -0.39 is 18.5 Å². The van der Waals surface area contributed by atoms with Crippen LogP contribution in [-0.2, 0) is 11.3 Å². The van der Waals surface area contributed by atoms with Crippen LogP contribution in [-0.4, -0.2) is 35.4 Å². The number of halogens is 2. The van der Waals surface area contributed by atoms with Crippen molar-refractivity contribution in [1.29, 1.82) is 0 Å². The standard InChI is InChI=1S/C22H21F2N3O4/c1-13-19(25-20(28)15-8-10-17(11-9-15)31-22(23)24)14(2)27(26-13)12-16-6-4-5-7-18(16)21(29)30-3/h4-11,22H,12H2,1-3H3,(H,25,28). The Kier molecular flexibility index (Phi) is 6.64. The average Bonchev–Trinajstić information content (AvgIpc) is 3.01. The lowest BCUT2D eigenvalue weighted by Gasteiger charge is -2.10. The molecule has 0 fully saturated rings. The van der Waals surface area contributed by atoms with Gasteiger partial charge >= 0.3 is 12.6 Å². The number of methoxy groups -OCH3 is 1. The Hall–Kier alpha value is -3.75. The van der Waals surface area contributed by atoms with Crippen LogP contribution in [0, 0.1) is 13.8 Å².